The van der Waals surface area contributed by atoms with Crippen molar-refractivity contribution in [2.24, 2.45) is 5.41 Å². The average molecular weight is 289 g/mol. The van der Waals surface area contributed by atoms with Gasteiger partial charge in [0.15, 0.2) is 0 Å². The van der Waals surface area contributed by atoms with Crippen LogP contribution in [-0.2, 0) is 0 Å². The van der Waals surface area contributed by atoms with Crippen LogP contribution in [0.4, 0.5) is 0 Å². The second-order valence-electron chi connectivity index (χ2n) is 6.94. The highest BCUT2D eigenvalue weighted by Gasteiger charge is 2.27. The van der Waals surface area contributed by atoms with Crippen LogP contribution in [0.25, 0.3) is 5.57 Å². The van der Waals surface area contributed by atoms with Crippen molar-refractivity contribution >= 4 is 5.57 Å². The number of benzene rings is 1. The highest BCUT2D eigenvalue weighted by molar-refractivity contribution is 5.63. The zero-order valence-corrected chi connectivity index (χ0v) is 14.7. The van der Waals surface area contributed by atoms with Gasteiger partial charge < -0.3 is 10.2 Å². The Morgan fingerprint density at radius 2 is 1.71 bits per heavy atom. The summed E-state index contributed by atoms with van der Waals surface area (Å²) >= 11 is 0. The summed E-state index contributed by atoms with van der Waals surface area (Å²) < 4.78 is 0. The summed E-state index contributed by atoms with van der Waals surface area (Å²) in [6.45, 7) is 17.2. The van der Waals surface area contributed by atoms with E-state index in [9.17, 15) is 0 Å². The molecule has 0 fully saturated rings. The lowest BCUT2D eigenvalue weighted by Gasteiger charge is -2.33. The van der Waals surface area contributed by atoms with Crippen LogP contribution in [0.1, 0.15) is 47.1 Å². The van der Waals surface area contributed by atoms with Gasteiger partial charge in [-0.25, -0.2) is 0 Å². The third-order valence-corrected chi connectivity index (χ3v) is 4.27. The second-order valence-corrected chi connectivity index (χ2v) is 6.94. The maximum Gasteiger partial charge on any atom is 0.0980 e. The molecule has 1 aromatic rings. The summed E-state index contributed by atoms with van der Waals surface area (Å²) in [5, 5.41) is 3.67. The predicted octanol–water partition coefficient (Wildman–Crippen LogP) is 2.98. The fourth-order valence-electron chi connectivity index (χ4n) is 2.45. The Kier molecular flexibility index (Phi) is 6.97. The molecule has 21 heavy (non-hydrogen) atoms. The smallest absolute Gasteiger partial charge is 0.0980 e. The summed E-state index contributed by atoms with van der Waals surface area (Å²) in [5.41, 5.74) is 2.83. The van der Waals surface area contributed by atoms with E-state index in [-0.39, 0.29) is 5.41 Å². The average Bonchev–Trinajstić information content (AvgIpc) is 2.47. The highest BCUT2D eigenvalue weighted by atomic mass is 15.1. The van der Waals surface area contributed by atoms with Crippen molar-refractivity contribution in [1.82, 2.24) is 5.32 Å². The van der Waals surface area contributed by atoms with Crippen molar-refractivity contribution in [1.29, 1.82) is 0 Å². The standard InChI is InChI=1S/C19H32N2/c1-7-21(8-2)15-18(19(4,5)6)20-14-16(3)17-12-10-9-11-13-17/h9-14,18,20H,7-8,15H2,1-6H3/p+1/b16-14+/t18-/m1/s1. The minimum Gasteiger partial charge on any atom is -0.382 e. The Labute approximate surface area is 131 Å². The van der Waals surface area contributed by atoms with Crippen LogP contribution in [0.15, 0.2) is 36.5 Å². The molecule has 0 aliphatic heterocycles. The Balaban J connectivity index is 2.78. The molecule has 2 heteroatoms. The molecular weight excluding hydrogens is 256 g/mol. The number of hydrogen-bond acceptors (Lipinski definition) is 1. The maximum atomic E-state index is 3.67. The molecule has 0 aromatic heterocycles. The van der Waals surface area contributed by atoms with E-state index in [4.69, 9.17) is 0 Å². The molecule has 1 aromatic carbocycles. The SMILES string of the molecule is CC[NH+](CC)C[C@@H](N/C=C(\C)c1ccccc1)C(C)(C)C. The summed E-state index contributed by atoms with van der Waals surface area (Å²) in [6.07, 6.45) is 2.19. The Morgan fingerprint density at radius 3 is 2.19 bits per heavy atom. The van der Waals surface area contributed by atoms with E-state index in [1.165, 1.54) is 24.2 Å². The molecule has 0 radical (unpaired) electrons. The van der Waals surface area contributed by atoms with Crippen molar-refractivity contribution in [2.45, 2.75) is 47.6 Å². The molecule has 0 amide bonds. The molecule has 2 nitrogen and oxygen atoms in total. The fourth-order valence-corrected chi connectivity index (χ4v) is 2.45. The lowest BCUT2D eigenvalue weighted by atomic mass is 9.86. The first-order chi connectivity index (χ1) is 9.88. The zero-order valence-electron chi connectivity index (χ0n) is 14.7. The van der Waals surface area contributed by atoms with E-state index >= 15 is 0 Å². The number of rotatable bonds is 7. The van der Waals surface area contributed by atoms with Gasteiger partial charge in [-0.15, -0.1) is 0 Å². The molecule has 0 aliphatic carbocycles. The molecular formula is C19H33N2+. The number of hydrogen-bond donors (Lipinski definition) is 2. The number of likely N-dealkylation sites (N-methyl/N-ethyl adjacent to an activating group) is 1. The van der Waals surface area contributed by atoms with Crippen molar-refractivity contribution in [3.8, 4) is 0 Å². The van der Waals surface area contributed by atoms with Gasteiger partial charge in [-0.2, -0.15) is 0 Å². The first-order valence-electron chi connectivity index (χ1n) is 8.20. The molecule has 1 rings (SSSR count). The lowest BCUT2D eigenvalue weighted by molar-refractivity contribution is -0.898. The van der Waals surface area contributed by atoms with Gasteiger partial charge in [0.05, 0.1) is 25.7 Å². The normalized spacial score (nSPS) is 14.3. The summed E-state index contributed by atoms with van der Waals surface area (Å²) in [5.74, 6) is 0. The molecule has 0 aliphatic rings. The minimum atomic E-state index is 0.253. The topological polar surface area (TPSA) is 16.5 Å². The van der Waals surface area contributed by atoms with Gasteiger partial charge >= 0.3 is 0 Å². The third kappa shape index (κ3) is 5.92. The van der Waals surface area contributed by atoms with Gasteiger partial charge in [0, 0.05) is 6.20 Å². The van der Waals surface area contributed by atoms with Crippen LogP contribution in [0.5, 0.6) is 0 Å². The highest BCUT2D eigenvalue weighted by Crippen LogP contribution is 2.19. The third-order valence-electron chi connectivity index (χ3n) is 4.27. The molecule has 1 atom stereocenters. The van der Waals surface area contributed by atoms with E-state index in [2.05, 4.69) is 83.4 Å². The Morgan fingerprint density at radius 1 is 1.14 bits per heavy atom. The fraction of sp³-hybridized carbons (Fsp3) is 0.579. The first-order valence-corrected chi connectivity index (χ1v) is 8.20. The Bertz CT molecular complexity index is 425. The van der Waals surface area contributed by atoms with Crippen molar-refractivity contribution in [2.75, 3.05) is 19.6 Å². The monoisotopic (exact) mass is 289 g/mol. The molecule has 2 N–H and O–H groups in total. The summed E-state index contributed by atoms with van der Waals surface area (Å²) in [7, 11) is 0. The van der Waals surface area contributed by atoms with Crippen LogP contribution in [0.3, 0.4) is 0 Å². The van der Waals surface area contributed by atoms with E-state index in [1.807, 2.05) is 0 Å². The van der Waals surface area contributed by atoms with E-state index < -0.39 is 0 Å². The number of allylic oxidation sites excluding steroid dienone is 1. The summed E-state index contributed by atoms with van der Waals surface area (Å²) in [4.78, 5) is 1.65. The Hall–Kier alpha value is -1.28. The van der Waals surface area contributed by atoms with Crippen LogP contribution in [0.2, 0.25) is 0 Å². The first kappa shape index (κ1) is 17.8. The second kappa shape index (κ2) is 8.23. The number of quaternary nitrogens is 1. The van der Waals surface area contributed by atoms with Crippen molar-refractivity contribution < 1.29 is 4.90 Å². The van der Waals surface area contributed by atoms with Gasteiger partial charge in [-0.1, -0.05) is 51.1 Å². The number of nitrogens with one attached hydrogen (secondary N) is 2. The van der Waals surface area contributed by atoms with Gasteiger partial charge in [0.2, 0.25) is 0 Å². The van der Waals surface area contributed by atoms with E-state index in [1.54, 1.807) is 4.90 Å². The van der Waals surface area contributed by atoms with Crippen molar-refractivity contribution in [3.05, 3.63) is 42.1 Å². The quantitative estimate of drug-likeness (QED) is 0.789. The largest absolute Gasteiger partial charge is 0.382 e. The van der Waals surface area contributed by atoms with E-state index in [0.717, 1.165) is 6.54 Å². The molecule has 0 saturated heterocycles. The zero-order chi connectivity index (χ0) is 15.9. The maximum absolute atomic E-state index is 3.67. The van der Waals surface area contributed by atoms with Gasteiger partial charge in [-0.05, 0) is 37.3 Å². The molecule has 0 bridgehead atoms. The lowest BCUT2D eigenvalue weighted by Crippen LogP contribution is -3.13. The molecule has 0 saturated carbocycles. The molecule has 0 heterocycles. The molecule has 0 unspecified atom stereocenters. The van der Waals surface area contributed by atoms with E-state index in [0.29, 0.717) is 6.04 Å². The molecule has 0 spiro atoms. The van der Waals surface area contributed by atoms with Gasteiger partial charge in [0.25, 0.3) is 0 Å². The predicted molar refractivity (Wildman–Crippen MR) is 93.4 cm³/mol. The van der Waals surface area contributed by atoms with Crippen LogP contribution < -0.4 is 10.2 Å². The summed E-state index contributed by atoms with van der Waals surface area (Å²) in [6, 6.07) is 11.0. The van der Waals surface area contributed by atoms with Gasteiger partial charge in [0.1, 0.15) is 0 Å². The minimum absolute atomic E-state index is 0.253. The van der Waals surface area contributed by atoms with Gasteiger partial charge in [-0.3, -0.25) is 0 Å². The molecule has 118 valence electrons. The van der Waals surface area contributed by atoms with Crippen LogP contribution in [-0.4, -0.2) is 25.7 Å². The van der Waals surface area contributed by atoms with Crippen molar-refractivity contribution in [3.63, 3.8) is 0 Å². The van der Waals surface area contributed by atoms with Crippen LogP contribution >= 0.6 is 0 Å². The van der Waals surface area contributed by atoms with Crippen LogP contribution in [0, 0.1) is 5.41 Å².